The highest BCUT2D eigenvalue weighted by Crippen LogP contribution is 2.14. The molecule has 0 aliphatic carbocycles. The van der Waals surface area contributed by atoms with Crippen LogP contribution in [0.4, 0.5) is 0 Å². The fourth-order valence-electron chi connectivity index (χ4n) is 2.80. The molecule has 1 fully saturated rings. The summed E-state index contributed by atoms with van der Waals surface area (Å²) < 4.78 is 0. The zero-order valence-electron chi connectivity index (χ0n) is 14.5. The number of aryl methyl sites for hydroxylation is 1. The van der Waals surface area contributed by atoms with Crippen molar-refractivity contribution in [3.05, 3.63) is 65.2 Å². The maximum Gasteiger partial charge on any atom is 0.0542 e. The number of hydrazone groups is 1. The van der Waals surface area contributed by atoms with Gasteiger partial charge in [0.25, 0.3) is 0 Å². The number of hydrogen-bond acceptors (Lipinski definition) is 4. The molecule has 0 spiro atoms. The molecule has 3 nitrogen and oxygen atoms in total. The first-order valence-corrected chi connectivity index (χ1v) is 9.66. The minimum Gasteiger partial charge on any atom is -0.295 e. The van der Waals surface area contributed by atoms with Gasteiger partial charge in [0.15, 0.2) is 0 Å². The Balaban J connectivity index is 1.47. The Bertz CT molecular complexity index is 656. The zero-order valence-corrected chi connectivity index (χ0v) is 15.3. The van der Waals surface area contributed by atoms with Crippen molar-refractivity contribution in [1.29, 1.82) is 0 Å². The van der Waals surface area contributed by atoms with E-state index in [9.17, 15) is 0 Å². The summed E-state index contributed by atoms with van der Waals surface area (Å²) in [5.41, 5.74) is 3.88. The lowest BCUT2D eigenvalue weighted by atomic mass is 10.1. The Kier molecular flexibility index (Phi) is 5.94. The topological polar surface area (TPSA) is 18.8 Å². The van der Waals surface area contributed by atoms with Crippen LogP contribution in [-0.2, 0) is 6.54 Å². The minimum atomic E-state index is 0.991. The van der Waals surface area contributed by atoms with Crippen molar-refractivity contribution in [2.75, 3.05) is 32.4 Å². The molecular weight excluding hydrogens is 314 g/mol. The Morgan fingerprint density at radius 3 is 2.25 bits per heavy atom. The van der Waals surface area contributed by atoms with Crippen LogP contribution in [0.15, 0.2) is 58.5 Å². The van der Waals surface area contributed by atoms with Gasteiger partial charge in [-0.2, -0.15) is 5.10 Å². The summed E-state index contributed by atoms with van der Waals surface area (Å²) in [7, 11) is 0. The number of benzene rings is 2. The molecule has 4 heteroatoms. The molecule has 0 unspecified atom stereocenters. The van der Waals surface area contributed by atoms with Gasteiger partial charge >= 0.3 is 0 Å². The normalized spacial score (nSPS) is 16.0. The van der Waals surface area contributed by atoms with Gasteiger partial charge in [-0.1, -0.05) is 42.0 Å². The maximum absolute atomic E-state index is 4.64. The molecule has 0 N–H and O–H groups in total. The third-order valence-corrected chi connectivity index (χ3v) is 5.10. The van der Waals surface area contributed by atoms with Crippen LogP contribution >= 0.6 is 11.8 Å². The van der Waals surface area contributed by atoms with Crippen molar-refractivity contribution in [1.82, 2.24) is 9.91 Å². The van der Waals surface area contributed by atoms with Crippen molar-refractivity contribution in [2.45, 2.75) is 18.4 Å². The molecule has 3 rings (SSSR count). The van der Waals surface area contributed by atoms with E-state index < -0.39 is 0 Å². The fraction of sp³-hybridized carbons (Fsp3) is 0.350. The Morgan fingerprint density at radius 2 is 1.62 bits per heavy atom. The van der Waals surface area contributed by atoms with Crippen LogP contribution in [-0.4, -0.2) is 48.6 Å². The van der Waals surface area contributed by atoms with Crippen molar-refractivity contribution < 1.29 is 0 Å². The second-order valence-electron chi connectivity index (χ2n) is 6.23. The lowest BCUT2D eigenvalue weighted by Gasteiger charge is -2.33. The van der Waals surface area contributed by atoms with E-state index in [4.69, 9.17) is 0 Å². The molecule has 0 atom stereocenters. The number of thioether (sulfide) groups is 1. The van der Waals surface area contributed by atoms with Gasteiger partial charge in [-0.15, -0.1) is 11.8 Å². The summed E-state index contributed by atoms with van der Waals surface area (Å²) in [5.74, 6) is 0. The van der Waals surface area contributed by atoms with Gasteiger partial charge < -0.3 is 0 Å². The molecule has 1 aliphatic heterocycles. The van der Waals surface area contributed by atoms with Crippen LogP contribution in [0.5, 0.6) is 0 Å². The summed E-state index contributed by atoms with van der Waals surface area (Å²) >= 11 is 1.76. The number of hydrogen-bond donors (Lipinski definition) is 0. The van der Waals surface area contributed by atoms with E-state index in [2.05, 4.69) is 76.7 Å². The van der Waals surface area contributed by atoms with Crippen molar-refractivity contribution in [2.24, 2.45) is 5.10 Å². The molecule has 0 amide bonds. The van der Waals surface area contributed by atoms with Crippen LogP contribution in [0.3, 0.4) is 0 Å². The standard InChI is InChI=1S/C20H25N3S/c1-17-3-5-19(6-4-17)16-22-11-13-23(14-12-22)21-15-18-7-9-20(24-2)10-8-18/h3-10,15H,11-14,16H2,1-2H3. The molecule has 0 radical (unpaired) electrons. The van der Waals surface area contributed by atoms with Crippen molar-refractivity contribution in [3.8, 4) is 0 Å². The lowest BCUT2D eigenvalue weighted by Crippen LogP contribution is -2.43. The molecule has 1 heterocycles. The highest BCUT2D eigenvalue weighted by Gasteiger charge is 2.15. The quantitative estimate of drug-likeness (QED) is 0.609. The third-order valence-electron chi connectivity index (χ3n) is 4.36. The van der Waals surface area contributed by atoms with E-state index in [0.29, 0.717) is 0 Å². The average molecular weight is 340 g/mol. The van der Waals surface area contributed by atoms with Crippen LogP contribution < -0.4 is 0 Å². The average Bonchev–Trinajstić information content (AvgIpc) is 2.63. The van der Waals surface area contributed by atoms with Crippen molar-refractivity contribution in [3.63, 3.8) is 0 Å². The highest BCUT2D eigenvalue weighted by molar-refractivity contribution is 7.98. The Morgan fingerprint density at radius 1 is 0.958 bits per heavy atom. The monoisotopic (exact) mass is 339 g/mol. The van der Waals surface area contributed by atoms with Crippen LogP contribution in [0.2, 0.25) is 0 Å². The molecule has 0 saturated carbocycles. The summed E-state index contributed by atoms with van der Waals surface area (Å²) in [6.45, 7) is 7.28. The largest absolute Gasteiger partial charge is 0.295 e. The van der Waals surface area contributed by atoms with E-state index in [1.54, 1.807) is 11.8 Å². The Labute approximate surface area is 149 Å². The van der Waals surface area contributed by atoms with Gasteiger partial charge in [0, 0.05) is 37.6 Å². The summed E-state index contributed by atoms with van der Waals surface area (Å²) in [6, 6.07) is 17.4. The molecule has 24 heavy (non-hydrogen) atoms. The SMILES string of the molecule is CSc1ccc(C=NN2CCN(Cc3ccc(C)cc3)CC2)cc1. The van der Waals surface area contributed by atoms with Gasteiger partial charge in [0.2, 0.25) is 0 Å². The van der Waals surface area contributed by atoms with Crippen molar-refractivity contribution >= 4 is 18.0 Å². The van der Waals surface area contributed by atoms with Gasteiger partial charge in [0.05, 0.1) is 6.21 Å². The molecule has 0 bridgehead atoms. The summed E-state index contributed by atoms with van der Waals surface area (Å²) in [4.78, 5) is 3.79. The smallest absolute Gasteiger partial charge is 0.0542 e. The molecule has 2 aromatic rings. The van der Waals surface area contributed by atoms with Crippen LogP contribution in [0.1, 0.15) is 16.7 Å². The Hall–Kier alpha value is -1.78. The van der Waals surface area contributed by atoms with Gasteiger partial charge in [-0.25, -0.2) is 0 Å². The molecule has 1 saturated heterocycles. The zero-order chi connectivity index (χ0) is 16.8. The van der Waals surface area contributed by atoms with E-state index in [1.165, 1.54) is 16.0 Å². The van der Waals surface area contributed by atoms with Crippen LogP contribution in [0, 0.1) is 6.92 Å². The maximum atomic E-state index is 4.64. The van der Waals surface area contributed by atoms with E-state index in [0.717, 1.165) is 38.3 Å². The highest BCUT2D eigenvalue weighted by atomic mass is 32.2. The third kappa shape index (κ3) is 4.86. The van der Waals surface area contributed by atoms with Gasteiger partial charge in [-0.3, -0.25) is 9.91 Å². The number of rotatable bonds is 5. The first kappa shape index (κ1) is 17.1. The van der Waals surface area contributed by atoms with E-state index >= 15 is 0 Å². The van der Waals surface area contributed by atoms with Gasteiger partial charge in [-0.05, 0) is 36.4 Å². The summed E-state index contributed by atoms with van der Waals surface area (Å²) in [6.07, 6.45) is 4.07. The molecule has 1 aliphatic rings. The number of piperazine rings is 1. The second kappa shape index (κ2) is 8.36. The fourth-order valence-corrected chi connectivity index (χ4v) is 3.21. The lowest BCUT2D eigenvalue weighted by molar-refractivity contribution is 0.131. The predicted octanol–water partition coefficient (Wildman–Crippen LogP) is 3.87. The second-order valence-corrected chi connectivity index (χ2v) is 7.11. The first-order chi connectivity index (χ1) is 11.7. The van der Waals surface area contributed by atoms with E-state index in [-0.39, 0.29) is 0 Å². The van der Waals surface area contributed by atoms with E-state index in [1.807, 2.05) is 6.21 Å². The van der Waals surface area contributed by atoms with Gasteiger partial charge in [0.1, 0.15) is 0 Å². The predicted molar refractivity (Wildman–Crippen MR) is 104 cm³/mol. The molecular formula is C20H25N3S. The minimum absolute atomic E-state index is 0.991. The van der Waals surface area contributed by atoms with Crippen LogP contribution in [0.25, 0.3) is 0 Å². The molecule has 126 valence electrons. The number of nitrogens with zero attached hydrogens (tertiary/aromatic N) is 3. The first-order valence-electron chi connectivity index (χ1n) is 8.44. The molecule has 0 aromatic heterocycles. The molecule has 2 aromatic carbocycles. The summed E-state index contributed by atoms with van der Waals surface area (Å²) in [5, 5.41) is 6.81.